The Kier molecular flexibility index (Phi) is 3.23. The molecular weight excluding hydrogens is 304 g/mol. The van der Waals surface area contributed by atoms with Crippen molar-refractivity contribution < 1.29 is 0 Å². The molecular formula is C16H16N8. The van der Waals surface area contributed by atoms with Crippen LogP contribution in [0.25, 0.3) is 17.2 Å². The van der Waals surface area contributed by atoms with E-state index in [2.05, 4.69) is 30.6 Å². The maximum Gasteiger partial charge on any atom is 0.160 e. The predicted octanol–water partition coefficient (Wildman–Crippen LogP) is 2.28. The standard InChI is InChI=1S/C16H16N8/c1-10-8-11(2)24-15(18-10)9-14(22-24)19-13-5-4-12(20-21-13)16-17-6-7-23(16)3/h4-9H,1-3H3,(H,19,21,22). The fourth-order valence-electron chi connectivity index (χ4n) is 2.61. The molecule has 0 saturated heterocycles. The van der Waals surface area contributed by atoms with Crippen LogP contribution in [0.1, 0.15) is 11.4 Å². The lowest BCUT2D eigenvalue weighted by atomic mass is 10.3. The number of aromatic nitrogens is 7. The Morgan fingerprint density at radius 2 is 1.92 bits per heavy atom. The minimum atomic E-state index is 0.616. The van der Waals surface area contributed by atoms with Crippen LogP contribution in [-0.4, -0.2) is 34.3 Å². The number of hydrogen-bond acceptors (Lipinski definition) is 6. The second-order valence-corrected chi connectivity index (χ2v) is 5.63. The zero-order valence-corrected chi connectivity index (χ0v) is 13.6. The zero-order chi connectivity index (χ0) is 16.7. The normalized spacial score (nSPS) is 11.1. The lowest BCUT2D eigenvalue weighted by Crippen LogP contribution is -2.00. The molecule has 0 aromatic carbocycles. The molecule has 0 amide bonds. The summed E-state index contributed by atoms with van der Waals surface area (Å²) in [6, 6.07) is 7.60. The number of rotatable bonds is 3. The molecule has 0 atom stereocenters. The summed E-state index contributed by atoms with van der Waals surface area (Å²) in [7, 11) is 1.92. The van der Waals surface area contributed by atoms with E-state index in [-0.39, 0.29) is 0 Å². The quantitative estimate of drug-likeness (QED) is 0.623. The van der Waals surface area contributed by atoms with Crippen LogP contribution in [0.3, 0.4) is 0 Å². The van der Waals surface area contributed by atoms with E-state index in [4.69, 9.17) is 0 Å². The number of imidazole rings is 1. The van der Waals surface area contributed by atoms with Gasteiger partial charge < -0.3 is 9.88 Å². The highest BCUT2D eigenvalue weighted by atomic mass is 15.3. The summed E-state index contributed by atoms with van der Waals surface area (Å²) in [5.41, 5.74) is 3.51. The third-order valence-electron chi connectivity index (χ3n) is 3.70. The van der Waals surface area contributed by atoms with E-state index in [1.165, 1.54) is 0 Å². The van der Waals surface area contributed by atoms with Gasteiger partial charge in [0.15, 0.2) is 23.1 Å². The number of nitrogens with one attached hydrogen (secondary N) is 1. The molecule has 0 aliphatic heterocycles. The van der Waals surface area contributed by atoms with Crippen LogP contribution in [0.4, 0.5) is 11.6 Å². The SMILES string of the molecule is Cc1cc(C)n2nc(Nc3ccc(-c4nccn4C)nn3)cc2n1. The first-order chi connectivity index (χ1) is 11.6. The Bertz CT molecular complexity index is 1010. The second kappa shape index (κ2) is 5.41. The Balaban J connectivity index is 1.61. The highest BCUT2D eigenvalue weighted by Crippen LogP contribution is 2.18. The van der Waals surface area contributed by atoms with E-state index in [1.807, 2.05) is 55.9 Å². The largest absolute Gasteiger partial charge is 0.333 e. The van der Waals surface area contributed by atoms with Crippen molar-refractivity contribution >= 4 is 17.3 Å². The third-order valence-corrected chi connectivity index (χ3v) is 3.70. The molecule has 4 aromatic rings. The van der Waals surface area contributed by atoms with Gasteiger partial charge in [-0.05, 0) is 32.0 Å². The number of anilines is 2. The molecule has 0 aliphatic rings. The highest BCUT2D eigenvalue weighted by molar-refractivity contribution is 5.59. The highest BCUT2D eigenvalue weighted by Gasteiger charge is 2.09. The van der Waals surface area contributed by atoms with Gasteiger partial charge in [0.2, 0.25) is 0 Å². The van der Waals surface area contributed by atoms with Gasteiger partial charge >= 0.3 is 0 Å². The molecule has 24 heavy (non-hydrogen) atoms. The first-order valence-electron chi connectivity index (χ1n) is 7.52. The van der Waals surface area contributed by atoms with E-state index < -0.39 is 0 Å². The summed E-state index contributed by atoms with van der Waals surface area (Å²) in [4.78, 5) is 8.73. The molecule has 8 nitrogen and oxygen atoms in total. The van der Waals surface area contributed by atoms with Gasteiger partial charge in [-0.2, -0.15) is 0 Å². The minimum absolute atomic E-state index is 0.616. The minimum Gasteiger partial charge on any atom is -0.333 e. The molecule has 0 aliphatic carbocycles. The molecule has 4 aromatic heterocycles. The summed E-state index contributed by atoms with van der Waals surface area (Å²) in [5.74, 6) is 2.07. The molecule has 0 spiro atoms. The van der Waals surface area contributed by atoms with Crippen LogP contribution in [0.2, 0.25) is 0 Å². The fourth-order valence-corrected chi connectivity index (χ4v) is 2.61. The first kappa shape index (κ1) is 14.3. The zero-order valence-electron chi connectivity index (χ0n) is 13.6. The Morgan fingerprint density at radius 1 is 1.04 bits per heavy atom. The van der Waals surface area contributed by atoms with Crippen LogP contribution in [-0.2, 0) is 7.05 Å². The second-order valence-electron chi connectivity index (χ2n) is 5.63. The summed E-state index contributed by atoms with van der Waals surface area (Å²) in [6.07, 6.45) is 3.61. The summed E-state index contributed by atoms with van der Waals surface area (Å²) in [6.45, 7) is 3.97. The number of aryl methyl sites for hydroxylation is 3. The average molecular weight is 320 g/mol. The van der Waals surface area contributed by atoms with Gasteiger partial charge in [0.1, 0.15) is 5.69 Å². The van der Waals surface area contributed by atoms with Crippen LogP contribution in [0, 0.1) is 13.8 Å². The molecule has 1 N–H and O–H groups in total. The molecule has 4 rings (SSSR count). The van der Waals surface area contributed by atoms with Gasteiger partial charge in [-0.25, -0.2) is 14.5 Å². The molecule has 4 heterocycles. The number of hydrogen-bond donors (Lipinski definition) is 1. The monoisotopic (exact) mass is 320 g/mol. The maximum absolute atomic E-state index is 4.49. The molecule has 0 bridgehead atoms. The number of fused-ring (bicyclic) bond motifs is 1. The van der Waals surface area contributed by atoms with E-state index in [0.717, 1.165) is 28.6 Å². The Labute approximate surface area is 138 Å². The Morgan fingerprint density at radius 3 is 2.62 bits per heavy atom. The molecule has 0 unspecified atom stereocenters. The summed E-state index contributed by atoms with van der Waals surface area (Å²) < 4.78 is 3.70. The van der Waals surface area contributed by atoms with Crippen molar-refractivity contribution in [3.05, 3.63) is 48.0 Å². The van der Waals surface area contributed by atoms with Crippen LogP contribution >= 0.6 is 0 Å². The van der Waals surface area contributed by atoms with Crippen LogP contribution < -0.4 is 5.32 Å². The van der Waals surface area contributed by atoms with Crippen molar-refractivity contribution in [1.29, 1.82) is 0 Å². The van der Waals surface area contributed by atoms with Crippen molar-refractivity contribution in [3.63, 3.8) is 0 Å². The van der Waals surface area contributed by atoms with Crippen molar-refractivity contribution in [2.45, 2.75) is 13.8 Å². The van der Waals surface area contributed by atoms with Gasteiger partial charge in [0, 0.05) is 36.9 Å². The van der Waals surface area contributed by atoms with Crippen molar-refractivity contribution in [2.75, 3.05) is 5.32 Å². The lowest BCUT2D eigenvalue weighted by molar-refractivity contribution is 0.886. The van der Waals surface area contributed by atoms with E-state index >= 15 is 0 Å². The third kappa shape index (κ3) is 2.47. The van der Waals surface area contributed by atoms with Crippen molar-refractivity contribution in [1.82, 2.24) is 34.3 Å². The van der Waals surface area contributed by atoms with Crippen LogP contribution in [0.15, 0.2) is 36.7 Å². The van der Waals surface area contributed by atoms with Crippen molar-refractivity contribution in [2.24, 2.45) is 7.05 Å². The molecule has 0 saturated carbocycles. The average Bonchev–Trinajstić information content (AvgIpc) is 3.14. The molecule has 8 heteroatoms. The smallest absolute Gasteiger partial charge is 0.160 e. The molecule has 120 valence electrons. The topological polar surface area (TPSA) is 85.8 Å². The van der Waals surface area contributed by atoms with Crippen molar-refractivity contribution in [3.8, 4) is 11.5 Å². The van der Waals surface area contributed by atoms with Gasteiger partial charge in [-0.3, -0.25) is 0 Å². The van der Waals surface area contributed by atoms with Gasteiger partial charge in [-0.1, -0.05) is 0 Å². The number of nitrogens with zero attached hydrogens (tertiary/aromatic N) is 7. The maximum atomic E-state index is 4.49. The van der Waals surface area contributed by atoms with Gasteiger partial charge in [0.25, 0.3) is 0 Å². The molecule has 0 radical (unpaired) electrons. The molecule has 0 fully saturated rings. The summed E-state index contributed by atoms with van der Waals surface area (Å²) >= 11 is 0. The predicted molar refractivity (Wildman–Crippen MR) is 90.0 cm³/mol. The van der Waals surface area contributed by atoms with Crippen LogP contribution in [0.5, 0.6) is 0 Å². The fraction of sp³-hybridized carbons (Fsp3) is 0.188. The van der Waals surface area contributed by atoms with Gasteiger partial charge in [-0.15, -0.1) is 15.3 Å². The van der Waals surface area contributed by atoms with E-state index in [1.54, 1.807) is 10.7 Å². The summed E-state index contributed by atoms with van der Waals surface area (Å²) in [5, 5.41) is 16.1. The Hall–Kier alpha value is -3.29. The van der Waals surface area contributed by atoms with Gasteiger partial charge in [0.05, 0.1) is 0 Å². The lowest BCUT2D eigenvalue weighted by Gasteiger charge is -2.03. The first-order valence-corrected chi connectivity index (χ1v) is 7.52. The van der Waals surface area contributed by atoms with E-state index in [0.29, 0.717) is 11.6 Å². The van der Waals surface area contributed by atoms with E-state index in [9.17, 15) is 0 Å².